The van der Waals surface area contributed by atoms with Crippen molar-refractivity contribution in [3.8, 4) is 5.75 Å². The average molecular weight is 363 g/mol. The summed E-state index contributed by atoms with van der Waals surface area (Å²) in [5.41, 5.74) is 3.95. The van der Waals surface area contributed by atoms with Crippen LogP contribution < -0.4 is 10.1 Å². The molecule has 2 aromatic carbocycles. The van der Waals surface area contributed by atoms with Gasteiger partial charge in [-0.25, -0.2) is 4.98 Å². The summed E-state index contributed by atoms with van der Waals surface area (Å²) in [7, 11) is 1.87. The molecule has 0 fully saturated rings. The minimum atomic E-state index is -4.76. The van der Waals surface area contributed by atoms with Crippen molar-refractivity contribution in [2.24, 2.45) is 7.05 Å². The maximum Gasteiger partial charge on any atom is 0.573 e. The van der Waals surface area contributed by atoms with Crippen LogP contribution in [-0.4, -0.2) is 21.8 Å². The second-order valence-electron chi connectivity index (χ2n) is 5.84. The fourth-order valence-corrected chi connectivity index (χ4v) is 2.73. The molecule has 0 unspecified atom stereocenters. The first-order valence-corrected chi connectivity index (χ1v) is 7.78. The number of benzene rings is 2. The first-order chi connectivity index (χ1) is 12.2. The molecule has 0 saturated heterocycles. The number of aryl methyl sites for hydroxylation is 2. The van der Waals surface area contributed by atoms with Gasteiger partial charge in [0.05, 0.1) is 17.4 Å². The quantitative estimate of drug-likeness (QED) is 0.769. The van der Waals surface area contributed by atoms with Gasteiger partial charge in [-0.2, -0.15) is 0 Å². The largest absolute Gasteiger partial charge is 0.573 e. The number of aromatic nitrogens is 2. The zero-order valence-corrected chi connectivity index (χ0v) is 14.1. The van der Waals surface area contributed by atoms with Gasteiger partial charge >= 0.3 is 6.36 Å². The second kappa shape index (κ2) is 6.70. The second-order valence-corrected chi connectivity index (χ2v) is 5.84. The van der Waals surface area contributed by atoms with Crippen molar-refractivity contribution in [3.05, 3.63) is 59.4 Å². The van der Waals surface area contributed by atoms with E-state index in [2.05, 4.69) is 15.0 Å². The van der Waals surface area contributed by atoms with Gasteiger partial charge < -0.3 is 14.6 Å². The molecule has 3 rings (SSSR count). The summed E-state index contributed by atoms with van der Waals surface area (Å²) >= 11 is 0. The number of alkyl halides is 3. The van der Waals surface area contributed by atoms with E-state index in [9.17, 15) is 18.0 Å². The first kappa shape index (κ1) is 17.8. The highest BCUT2D eigenvalue weighted by Crippen LogP contribution is 2.23. The van der Waals surface area contributed by atoms with Gasteiger partial charge in [-0.3, -0.25) is 4.79 Å². The van der Waals surface area contributed by atoms with Crippen molar-refractivity contribution in [1.82, 2.24) is 14.9 Å². The van der Waals surface area contributed by atoms with E-state index >= 15 is 0 Å². The van der Waals surface area contributed by atoms with E-state index in [4.69, 9.17) is 0 Å². The third-order valence-electron chi connectivity index (χ3n) is 3.99. The van der Waals surface area contributed by atoms with Crippen LogP contribution in [0.1, 0.15) is 21.5 Å². The zero-order chi connectivity index (χ0) is 18.9. The summed E-state index contributed by atoms with van der Waals surface area (Å²) in [5.74, 6) is -0.758. The number of hydrogen-bond donors (Lipinski definition) is 1. The number of halogens is 3. The normalized spacial score (nSPS) is 11.6. The number of carbonyl (C=O) groups is 1. The molecule has 1 N–H and O–H groups in total. The van der Waals surface area contributed by atoms with Gasteiger partial charge in [0, 0.05) is 24.7 Å². The van der Waals surface area contributed by atoms with E-state index in [1.54, 1.807) is 6.33 Å². The summed E-state index contributed by atoms with van der Waals surface area (Å²) < 4.78 is 42.2. The summed E-state index contributed by atoms with van der Waals surface area (Å²) in [6.45, 7) is 2.22. The summed E-state index contributed by atoms with van der Waals surface area (Å²) in [5, 5.41) is 2.79. The lowest BCUT2D eigenvalue weighted by Crippen LogP contribution is -2.23. The SMILES string of the molecule is Cc1ccc2ncn(C)c2c1CNC(=O)c1ccc(OC(F)(F)F)cc1. The Morgan fingerprint density at radius 1 is 1.19 bits per heavy atom. The van der Waals surface area contributed by atoms with E-state index in [1.807, 2.05) is 30.7 Å². The smallest absolute Gasteiger partial charge is 0.406 e. The molecule has 0 radical (unpaired) electrons. The van der Waals surface area contributed by atoms with E-state index in [-0.39, 0.29) is 23.8 Å². The maximum atomic E-state index is 12.3. The highest BCUT2D eigenvalue weighted by molar-refractivity contribution is 5.94. The van der Waals surface area contributed by atoms with Crippen LogP contribution in [0.2, 0.25) is 0 Å². The van der Waals surface area contributed by atoms with Crippen molar-refractivity contribution >= 4 is 16.9 Å². The molecule has 1 heterocycles. The monoisotopic (exact) mass is 363 g/mol. The van der Waals surface area contributed by atoms with Gasteiger partial charge in [-0.15, -0.1) is 13.2 Å². The first-order valence-electron chi connectivity index (χ1n) is 7.78. The highest BCUT2D eigenvalue weighted by Gasteiger charge is 2.31. The molecule has 1 aromatic heterocycles. The van der Waals surface area contributed by atoms with Crippen LogP contribution in [-0.2, 0) is 13.6 Å². The lowest BCUT2D eigenvalue weighted by molar-refractivity contribution is -0.274. The number of nitrogens with zero attached hydrogens (tertiary/aromatic N) is 2. The van der Waals surface area contributed by atoms with Gasteiger partial charge in [-0.1, -0.05) is 6.07 Å². The van der Waals surface area contributed by atoms with E-state index < -0.39 is 6.36 Å². The van der Waals surface area contributed by atoms with Crippen LogP contribution in [0.15, 0.2) is 42.7 Å². The van der Waals surface area contributed by atoms with Crippen LogP contribution in [0.4, 0.5) is 13.2 Å². The Morgan fingerprint density at radius 2 is 1.88 bits per heavy atom. The maximum absolute atomic E-state index is 12.3. The fraction of sp³-hybridized carbons (Fsp3) is 0.222. The molecule has 0 aliphatic heterocycles. The number of ether oxygens (including phenoxy) is 1. The molecule has 8 heteroatoms. The van der Waals surface area contributed by atoms with Crippen molar-refractivity contribution < 1.29 is 22.7 Å². The molecule has 5 nitrogen and oxygen atoms in total. The third kappa shape index (κ3) is 3.79. The van der Waals surface area contributed by atoms with Gasteiger partial charge in [0.15, 0.2) is 0 Å². The van der Waals surface area contributed by atoms with Gasteiger partial charge in [0.25, 0.3) is 5.91 Å². The summed E-state index contributed by atoms with van der Waals surface area (Å²) in [6, 6.07) is 8.63. The lowest BCUT2D eigenvalue weighted by Gasteiger charge is -2.12. The molecule has 0 aliphatic carbocycles. The third-order valence-corrected chi connectivity index (χ3v) is 3.99. The van der Waals surface area contributed by atoms with Crippen LogP contribution in [0, 0.1) is 6.92 Å². The van der Waals surface area contributed by atoms with E-state index in [0.717, 1.165) is 34.3 Å². The Morgan fingerprint density at radius 3 is 2.54 bits per heavy atom. The van der Waals surface area contributed by atoms with Crippen molar-refractivity contribution in [2.45, 2.75) is 19.8 Å². The van der Waals surface area contributed by atoms with Crippen molar-refractivity contribution in [2.75, 3.05) is 0 Å². The molecule has 0 saturated carbocycles. The molecule has 26 heavy (non-hydrogen) atoms. The molecule has 3 aromatic rings. The Bertz CT molecular complexity index is 947. The molecular formula is C18H16F3N3O2. The van der Waals surface area contributed by atoms with Crippen LogP contribution in [0.3, 0.4) is 0 Å². The summed E-state index contributed by atoms with van der Waals surface area (Å²) in [6.07, 6.45) is -3.06. The molecular weight excluding hydrogens is 347 g/mol. The van der Waals surface area contributed by atoms with Crippen molar-refractivity contribution in [3.63, 3.8) is 0 Å². The Labute approximate surface area is 147 Å². The highest BCUT2D eigenvalue weighted by atomic mass is 19.4. The minimum Gasteiger partial charge on any atom is -0.406 e. The molecule has 1 amide bonds. The van der Waals surface area contributed by atoms with E-state index in [0.29, 0.717) is 0 Å². The predicted molar refractivity (Wildman–Crippen MR) is 89.7 cm³/mol. The molecule has 0 bridgehead atoms. The number of hydrogen-bond acceptors (Lipinski definition) is 3. The minimum absolute atomic E-state index is 0.245. The topological polar surface area (TPSA) is 56.2 Å². The Kier molecular flexibility index (Phi) is 4.58. The number of rotatable bonds is 4. The fourth-order valence-electron chi connectivity index (χ4n) is 2.73. The number of amides is 1. The lowest BCUT2D eigenvalue weighted by atomic mass is 10.1. The molecule has 0 spiro atoms. The molecule has 136 valence electrons. The standard InChI is InChI=1S/C18H16F3N3O2/c1-11-3-8-15-16(24(2)10-23-15)14(11)9-22-17(25)12-4-6-13(7-5-12)26-18(19,20)21/h3-8,10H,9H2,1-2H3,(H,22,25). The van der Waals surface area contributed by atoms with Crippen LogP contribution in [0.5, 0.6) is 5.75 Å². The van der Waals surface area contributed by atoms with Gasteiger partial charge in [0.1, 0.15) is 5.75 Å². The predicted octanol–water partition coefficient (Wildman–Crippen LogP) is 3.71. The average Bonchev–Trinajstić information content (AvgIpc) is 2.94. The van der Waals surface area contributed by atoms with Crippen molar-refractivity contribution in [1.29, 1.82) is 0 Å². The van der Waals surface area contributed by atoms with Gasteiger partial charge in [-0.05, 0) is 42.8 Å². The zero-order valence-electron chi connectivity index (χ0n) is 14.1. The Hall–Kier alpha value is -3.03. The molecule has 0 atom stereocenters. The van der Waals surface area contributed by atoms with Gasteiger partial charge in [0.2, 0.25) is 0 Å². The van der Waals surface area contributed by atoms with Crippen LogP contribution >= 0.6 is 0 Å². The number of fused-ring (bicyclic) bond motifs is 1. The van der Waals surface area contributed by atoms with E-state index in [1.165, 1.54) is 12.1 Å². The number of carbonyl (C=O) groups excluding carboxylic acids is 1. The Balaban J connectivity index is 1.73. The van der Waals surface area contributed by atoms with Crippen LogP contribution in [0.25, 0.3) is 11.0 Å². The number of imidazole rings is 1. The number of nitrogens with one attached hydrogen (secondary N) is 1. The summed E-state index contributed by atoms with van der Waals surface area (Å²) in [4.78, 5) is 16.6. The molecule has 0 aliphatic rings.